The van der Waals surface area contributed by atoms with Crippen LogP contribution in [0.4, 0.5) is 16.3 Å². The summed E-state index contributed by atoms with van der Waals surface area (Å²) in [6, 6.07) is 3.95. The molecule has 0 bridgehead atoms. The molecule has 0 saturated heterocycles. The van der Waals surface area contributed by atoms with Crippen LogP contribution in [-0.4, -0.2) is 26.1 Å². The highest BCUT2D eigenvalue weighted by atomic mass is 16.6. The Morgan fingerprint density at radius 3 is 2.82 bits per heavy atom. The van der Waals surface area contributed by atoms with Gasteiger partial charge in [-0.1, -0.05) is 0 Å². The zero-order valence-corrected chi connectivity index (χ0v) is 8.32. The van der Waals surface area contributed by atoms with Crippen molar-refractivity contribution < 1.29 is 14.8 Å². The number of anilines is 1. The van der Waals surface area contributed by atoms with Gasteiger partial charge in [-0.25, -0.2) is 14.8 Å². The number of carboxylic acid groups (broad SMARTS) is 1. The molecule has 2 rings (SSSR count). The van der Waals surface area contributed by atoms with E-state index in [0.717, 1.165) is 0 Å². The predicted molar refractivity (Wildman–Crippen MR) is 57.8 cm³/mol. The minimum absolute atomic E-state index is 0.0196. The van der Waals surface area contributed by atoms with Gasteiger partial charge < -0.3 is 5.11 Å². The standard InChI is InChI=1S/C9H6N4O4/c14-9(15)12-8-6-3-5(13(16)17)1-2-7(6)10-4-11-8/h1-4H,(H,14,15)(H,10,11,12). The first kappa shape index (κ1) is 10.7. The molecular formula is C9H6N4O4. The Bertz CT molecular complexity index is 613. The van der Waals surface area contributed by atoms with E-state index in [1.54, 1.807) is 0 Å². The molecule has 0 atom stereocenters. The van der Waals surface area contributed by atoms with Crippen LogP contribution in [0.15, 0.2) is 24.5 Å². The second-order valence-electron chi connectivity index (χ2n) is 3.11. The fraction of sp³-hybridized carbons (Fsp3) is 0. The van der Waals surface area contributed by atoms with Crippen LogP contribution in [0.25, 0.3) is 10.9 Å². The molecule has 2 aromatic rings. The van der Waals surface area contributed by atoms with Gasteiger partial charge in [-0.15, -0.1) is 0 Å². The van der Waals surface area contributed by atoms with Gasteiger partial charge >= 0.3 is 6.09 Å². The van der Waals surface area contributed by atoms with Gasteiger partial charge in [-0.05, 0) is 6.07 Å². The van der Waals surface area contributed by atoms with Crippen molar-refractivity contribution in [2.75, 3.05) is 5.32 Å². The van der Waals surface area contributed by atoms with Crippen LogP contribution in [0, 0.1) is 10.1 Å². The number of rotatable bonds is 2. The summed E-state index contributed by atoms with van der Waals surface area (Å²) in [7, 11) is 0. The molecule has 0 spiro atoms. The fourth-order valence-electron chi connectivity index (χ4n) is 1.36. The lowest BCUT2D eigenvalue weighted by Gasteiger charge is -2.03. The van der Waals surface area contributed by atoms with E-state index < -0.39 is 11.0 Å². The number of hydrogen-bond acceptors (Lipinski definition) is 5. The molecule has 0 fully saturated rings. The third-order valence-corrected chi connectivity index (χ3v) is 2.06. The van der Waals surface area contributed by atoms with Gasteiger partial charge in [0.15, 0.2) is 0 Å². The number of non-ortho nitro benzene ring substituents is 1. The number of nitrogens with zero attached hydrogens (tertiary/aromatic N) is 3. The third kappa shape index (κ3) is 2.09. The number of fused-ring (bicyclic) bond motifs is 1. The number of nitrogens with one attached hydrogen (secondary N) is 1. The first-order chi connectivity index (χ1) is 8.08. The molecule has 1 aromatic carbocycles. The minimum Gasteiger partial charge on any atom is -0.465 e. The molecule has 0 aliphatic heterocycles. The maximum Gasteiger partial charge on any atom is 0.410 e. The Hall–Kier alpha value is -2.77. The van der Waals surface area contributed by atoms with Crippen molar-refractivity contribution in [1.29, 1.82) is 0 Å². The maximum atomic E-state index is 10.6. The SMILES string of the molecule is O=C(O)Nc1ncnc2ccc([N+](=O)[O-])cc12. The summed E-state index contributed by atoms with van der Waals surface area (Å²) in [5, 5.41) is 21.5. The average Bonchev–Trinajstić information content (AvgIpc) is 2.28. The molecule has 8 heteroatoms. The third-order valence-electron chi connectivity index (χ3n) is 2.06. The number of benzene rings is 1. The Labute approximate surface area is 94.1 Å². The molecule has 1 heterocycles. The highest BCUT2D eigenvalue weighted by Gasteiger charge is 2.11. The molecule has 1 aromatic heterocycles. The second-order valence-corrected chi connectivity index (χ2v) is 3.11. The van der Waals surface area contributed by atoms with E-state index in [1.165, 1.54) is 24.5 Å². The molecule has 0 unspecified atom stereocenters. The summed E-state index contributed by atoms with van der Waals surface area (Å²) in [5.74, 6) is 0.0196. The number of carbonyl (C=O) groups is 1. The molecular weight excluding hydrogens is 228 g/mol. The fourth-order valence-corrected chi connectivity index (χ4v) is 1.36. The zero-order chi connectivity index (χ0) is 12.4. The van der Waals surface area contributed by atoms with Crippen molar-refractivity contribution in [3.63, 3.8) is 0 Å². The highest BCUT2D eigenvalue weighted by Crippen LogP contribution is 2.23. The molecule has 0 aliphatic carbocycles. The molecule has 2 N–H and O–H groups in total. The normalized spacial score (nSPS) is 10.1. The summed E-state index contributed by atoms with van der Waals surface area (Å²) in [4.78, 5) is 28.2. The van der Waals surface area contributed by atoms with E-state index in [2.05, 4.69) is 15.3 Å². The summed E-state index contributed by atoms with van der Waals surface area (Å²) < 4.78 is 0. The smallest absolute Gasteiger partial charge is 0.410 e. The molecule has 0 aliphatic rings. The number of hydrogen-bond donors (Lipinski definition) is 2. The summed E-state index contributed by atoms with van der Waals surface area (Å²) >= 11 is 0. The van der Waals surface area contributed by atoms with Crippen LogP contribution in [0.3, 0.4) is 0 Å². The van der Waals surface area contributed by atoms with Crippen molar-refractivity contribution in [2.24, 2.45) is 0 Å². The average molecular weight is 234 g/mol. The van der Waals surface area contributed by atoms with Gasteiger partial charge in [-0.2, -0.15) is 0 Å². The monoisotopic (exact) mass is 234 g/mol. The Morgan fingerprint density at radius 2 is 2.18 bits per heavy atom. The van der Waals surface area contributed by atoms with Crippen LogP contribution in [0.5, 0.6) is 0 Å². The first-order valence-corrected chi connectivity index (χ1v) is 4.47. The van der Waals surface area contributed by atoms with Gasteiger partial charge in [0, 0.05) is 12.1 Å². The van der Waals surface area contributed by atoms with E-state index in [9.17, 15) is 14.9 Å². The van der Waals surface area contributed by atoms with Gasteiger partial charge in [-0.3, -0.25) is 15.4 Å². The minimum atomic E-state index is -1.29. The van der Waals surface area contributed by atoms with Gasteiger partial charge in [0.1, 0.15) is 12.1 Å². The lowest BCUT2D eigenvalue weighted by atomic mass is 10.2. The van der Waals surface area contributed by atoms with Gasteiger partial charge in [0.2, 0.25) is 0 Å². The van der Waals surface area contributed by atoms with Crippen molar-refractivity contribution >= 4 is 28.5 Å². The highest BCUT2D eigenvalue weighted by molar-refractivity contribution is 5.96. The molecule has 17 heavy (non-hydrogen) atoms. The lowest BCUT2D eigenvalue weighted by molar-refractivity contribution is -0.384. The Kier molecular flexibility index (Phi) is 2.53. The van der Waals surface area contributed by atoms with Gasteiger partial charge in [0.05, 0.1) is 15.8 Å². The molecule has 86 valence electrons. The quantitative estimate of drug-likeness (QED) is 0.602. The van der Waals surface area contributed by atoms with E-state index in [0.29, 0.717) is 5.52 Å². The topological polar surface area (TPSA) is 118 Å². The predicted octanol–water partition coefficient (Wildman–Crippen LogP) is 1.63. The summed E-state index contributed by atoms with van der Waals surface area (Å²) in [5.41, 5.74) is 0.273. The number of amides is 1. The van der Waals surface area contributed by atoms with Crippen molar-refractivity contribution in [3.8, 4) is 0 Å². The lowest BCUT2D eigenvalue weighted by Crippen LogP contribution is -2.09. The second kappa shape index (κ2) is 4.00. The zero-order valence-electron chi connectivity index (χ0n) is 8.32. The van der Waals surface area contributed by atoms with Crippen LogP contribution in [0.2, 0.25) is 0 Å². The van der Waals surface area contributed by atoms with E-state index >= 15 is 0 Å². The Morgan fingerprint density at radius 1 is 1.41 bits per heavy atom. The van der Waals surface area contributed by atoms with Crippen molar-refractivity contribution in [3.05, 3.63) is 34.6 Å². The maximum absolute atomic E-state index is 10.6. The van der Waals surface area contributed by atoms with E-state index in [4.69, 9.17) is 5.11 Å². The largest absolute Gasteiger partial charge is 0.465 e. The number of aromatic nitrogens is 2. The molecule has 8 nitrogen and oxygen atoms in total. The Balaban J connectivity index is 2.63. The van der Waals surface area contributed by atoms with Crippen LogP contribution in [0.1, 0.15) is 0 Å². The van der Waals surface area contributed by atoms with Crippen LogP contribution < -0.4 is 5.32 Å². The summed E-state index contributed by atoms with van der Waals surface area (Å²) in [6.45, 7) is 0. The molecule has 1 amide bonds. The number of nitro groups is 1. The van der Waals surface area contributed by atoms with Crippen molar-refractivity contribution in [1.82, 2.24) is 9.97 Å². The van der Waals surface area contributed by atoms with Crippen molar-refractivity contribution in [2.45, 2.75) is 0 Å². The van der Waals surface area contributed by atoms with E-state index in [-0.39, 0.29) is 16.9 Å². The first-order valence-electron chi connectivity index (χ1n) is 4.47. The molecule has 0 saturated carbocycles. The number of nitro benzene ring substituents is 1. The van der Waals surface area contributed by atoms with E-state index in [1.807, 2.05) is 0 Å². The van der Waals surface area contributed by atoms with Gasteiger partial charge in [0.25, 0.3) is 5.69 Å². The van der Waals surface area contributed by atoms with Crippen LogP contribution >= 0.6 is 0 Å². The van der Waals surface area contributed by atoms with Crippen LogP contribution in [-0.2, 0) is 0 Å². The summed E-state index contributed by atoms with van der Waals surface area (Å²) in [6.07, 6.45) is -0.115. The molecule has 0 radical (unpaired) electrons.